The van der Waals surface area contributed by atoms with Gasteiger partial charge in [-0.15, -0.1) is 0 Å². The molecule has 0 atom stereocenters. The van der Waals surface area contributed by atoms with Crippen LogP contribution in [0.3, 0.4) is 0 Å². The normalized spacial score (nSPS) is 16.5. The molecule has 0 radical (unpaired) electrons. The van der Waals surface area contributed by atoms with Crippen LogP contribution in [0.5, 0.6) is 5.75 Å². The molecule has 0 spiro atoms. The molecular formula is C20H24N2O4. The van der Waals surface area contributed by atoms with Crippen LogP contribution in [0.25, 0.3) is 10.8 Å². The molecule has 3 rings (SSSR count). The molecule has 0 aromatic heterocycles. The Morgan fingerprint density at radius 1 is 1.27 bits per heavy atom. The van der Waals surface area contributed by atoms with Gasteiger partial charge in [0.1, 0.15) is 5.75 Å². The van der Waals surface area contributed by atoms with E-state index in [0.29, 0.717) is 13.2 Å². The first-order valence-corrected chi connectivity index (χ1v) is 8.75. The number of benzene rings is 2. The Hall–Kier alpha value is -2.44. The molecule has 1 saturated heterocycles. The SMILES string of the molecule is CC(C)Oc1ccc2ccccc2c1/C=N/NC(=O)CC1(C)OCCO1. The van der Waals surface area contributed by atoms with Crippen LogP contribution in [0.2, 0.25) is 0 Å². The smallest absolute Gasteiger partial charge is 0.245 e. The monoisotopic (exact) mass is 356 g/mol. The molecule has 0 bridgehead atoms. The lowest BCUT2D eigenvalue weighted by molar-refractivity contribution is -0.159. The maximum Gasteiger partial charge on any atom is 0.245 e. The molecule has 1 aliphatic rings. The first-order valence-electron chi connectivity index (χ1n) is 8.75. The summed E-state index contributed by atoms with van der Waals surface area (Å²) in [7, 11) is 0. The van der Waals surface area contributed by atoms with E-state index < -0.39 is 5.79 Å². The van der Waals surface area contributed by atoms with Gasteiger partial charge in [0.15, 0.2) is 5.79 Å². The fraction of sp³-hybridized carbons (Fsp3) is 0.400. The van der Waals surface area contributed by atoms with Crippen LogP contribution >= 0.6 is 0 Å². The topological polar surface area (TPSA) is 69.2 Å². The van der Waals surface area contributed by atoms with Crippen LogP contribution in [-0.4, -0.2) is 37.2 Å². The third-order valence-corrected chi connectivity index (χ3v) is 4.06. The molecule has 1 N–H and O–H groups in total. The Morgan fingerprint density at radius 2 is 2.00 bits per heavy atom. The predicted octanol–water partition coefficient (Wildman–Crippen LogP) is 3.23. The molecule has 1 amide bonds. The van der Waals surface area contributed by atoms with Crippen molar-refractivity contribution in [2.24, 2.45) is 5.10 Å². The highest BCUT2D eigenvalue weighted by Crippen LogP contribution is 2.27. The third kappa shape index (κ3) is 4.39. The van der Waals surface area contributed by atoms with Crippen LogP contribution in [0.15, 0.2) is 41.5 Å². The van der Waals surface area contributed by atoms with Crippen LogP contribution in [0.1, 0.15) is 32.8 Å². The molecule has 0 aliphatic carbocycles. The van der Waals surface area contributed by atoms with Crippen molar-refractivity contribution in [3.8, 4) is 5.75 Å². The number of nitrogens with one attached hydrogen (secondary N) is 1. The molecule has 26 heavy (non-hydrogen) atoms. The quantitative estimate of drug-likeness (QED) is 0.637. The first kappa shape index (κ1) is 18.4. The Morgan fingerprint density at radius 3 is 2.73 bits per heavy atom. The average Bonchev–Trinajstić information content (AvgIpc) is 3.02. The number of ether oxygens (including phenoxy) is 3. The molecule has 2 aromatic carbocycles. The van der Waals surface area contributed by atoms with Gasteiger partial charge in [-0.05, 0) is 37.6 Å². The largest absolute Gasteiger partial charge is 0.490 e. The molecule has 2 aromatic rings. The number of nitrogens with zero attached hydrogens (tertiary/aromatic N) is 1. The molecular weight excluding hydrogens is 332 g/mol. The van der Waals surface area contributed by atoms with Gasteiger partial charge in [0.2, 0.25) is 5.91 Å². The lowest BCUT2D eigenvalue weighted by atomic mass is 10.0. The Balaban J connectivity index is 1.77. The van der Waals surface area contributed by atoms with Crippen LogP contribution in [0, 0.1) is 0 Å². The summed E-state index contributed by atoms with van der Waals surface area (Å²) >= 11 is 0. The van der Waals surface area contributed by atoms with E-state index in [0.717, 1.165) is 22.1 Å². The van der Waals surface area contributed by atoms with E-state index in [9.17, 15) is 4.79 Å². The average molecular weight is 356 g/mol. The van der Waals surface area contributed by atoms with Gasteiger partial charge in [0, 0.05) is 5.56 Å². The molecule has 6 nitrogen and oxygen atoms in total. The summed E-state index contributed by atoms with van der Waals surface area (Å²) in [5.74, 6) is -0.409. The van der Waals surface area contributed by atoms with Crippen molar-refractivity contribution in [1.82, 2.24) is 5.43 Å². The molecule has 0 saturated carbocycles. The summed E-state index contributed by atoms with van der Waals surface area (Å²) in [4.78, 5) is 12.1. The fourth-order valence-corrected chi connectivity index (χ4v) is 2.92. The van der Waals surface area contributed by atoms with E-state index in [1.807, 2.05) is 50.2 Å². The van der Waals surface area contributed by atoms with E-state index >= 15 is 0 Å². The van der Waals surface area contributed by atoms with Crippen molar-refractivity contribution >= 4 is 22.9 Å². The van der Waals surface area contributed by atoms with E-state index in [2.05, 4.69) is 10.5 Å². The van der Waals surface area contributed by atoms with Gasteiger partial charge >= 0.3 is 0 Å². The van der Waals surface area contributed by atoms with Crippen molar-refractivity contribution in [3.05, 3.63) is 42.0 Å². The second kappa shape index (κ2) is 7.85. The van der Waals surface area contributed by atoms with Gasteiger partial charge in [0.05, 0.1) is 32.0 Å². The minimum Gasteiger partial charge on any atom is -0.490 e. The number of hydrazone groups is 1. The lowest BCUT2D eigenvalue weighted by Crippen LogP contribution is -2.33. The van der Waals surface area contributed by atoms with E-state index in [-0.39, 0.29) is 18.4 Å². The third-order valence-electron chi connectivity index (χ3n) is 4.06. The summed E-state index contributed by atoms with van der Waals surface area (Å²) in [5.41, 5.74) is 3.37. The zero-order valence-electron chi connectivity index (χ0n) is 15.3. The second-order valence-electron chi connectivity index (χ2n) is 6.67. The first-order chi connectivity index (χ1) is 12.5. The summed E-state index contributed by atoms with van der Waals surface area (Å²) in [6, 6.07) is 11.9. The van der Waals surface area contributed by atoms with E-state index in [1.54, 1.807) is 13.1 Å². The van der Waals surface area contributed by atoms with E-state index in [4.69, 9.17) is 14.2 Å². The number of rotatable bonds is 6. The lowest BCUT2D eigenvalue weighted by Gasteiger charge is -2.20. The van der Waals surface area contributed by atoms with Crippen molar-refractivity contribution in [2.45, 2.75) is 39.1 Å². The van der Waals surface area contributed by atoms with E-state index in [1.165, 1.54) is 0 Å². The number of hydrogen-bond acceptors (Lipinski definition) is 5. The van der Waals surface area contributed by atoms with Crippen molar-refractivity contribution in [3.63, 3.8) is 0 Å². The highest BCUT2D eigenvalue weighted by Gasteiger charge is 2.33. The minimum absolute atomic E-state index is 0.0366. The highest BCUT2D eigenvalue weighted by molar-refractivity contribution is 6.02. The molecule has 1 fully saturated rings. The molecule has 6 heteroatoms. The van der Waals surface area contributed by atoms with Crippen LogP contribution in [-0.2, 0) is 14.3 Å². The number of carbonyl (C=O) groups is 1. The summed E-state index contributed by atoms with van der Waals surface area (Å²) in [6.45, 7) is 6.70. The molecule has 1 heterocycles. The van der Waals surface area contributed by atoms with Crippen LogP contribution in [0.4, 0.5) is 0 Å². The second-order valence-corrected chi connectivity index (χ2v) is 6.67. The maximum absolute atomic E-state index is 12.1. The van der Waals surface area contributed by atoms with Crippen molar-refractivity contribution in [2.75, 3.05) is 13.2 Å². The van der Waals surface area contributed by atoms with Gasteiger partial charge in [-0.25, -0.2) is 5.43 Å². The van der Waals surface area contributed by atoms with Crippen LogP contribution < -0.4 is 10.2 Å². The number of fused-ring (bicyclic) bond motifs is 1. The van der Waals surface area contributed by atoms with Gasteiger partial charge in [-0.3, -0.25) is 4.79 Å². The number of carbonyl (C=O) groups excluding carboxylic acids is 1. The predicted molar refractivity (Wildman–Crippen MR) is 100 cm³/mol. The molecule has 0 unspecified atom stereocenters. The zero-order valence-corrected chi connectivity index (χ0v) is 15.3. The standard InChI is InChI=1S/C20H24N2O4/c1-14(2)26-18-9-8-15-6-4-5-7-16(15)17(18)13-21-22-19(23)12-20(3)24-10-11-25-20/h4-9,13-14H,10-12H2,1-3H3,(H,22,23)/b21-13+. The molecule has 1 aliphatic heterocycles. The Labute approximate surface area is 153 Å². The number of amides is 1. The summed E-state index contributed by atoms with van der Waals surface area (Å²) < 4.78 is 16.8. The highest BCUT2D eigenvalue weighted by atomic mass is 16.7. The van der Waals surface area contributed by atoms with Crippen molar-refractivity contribution in [1.29, 1.82) is 0 Å². The van der Waals surface area contributed by atoms with Gasteiger partial charge in [-0.2, -0.15) is 5.10 Å². The minimum atomic E-state index is -0.870. The summed E-state index contributed by atoms with van der Waals surface area (Å²) in [5, 5.41) is 6.21. The number of hydrogen-bond donors (Lipinski definition) is 1. The Kier molecular flexibility index (Phi) is 5.54. The maximum atomic E-state index is 12.1. The summed E-state index contributed by atoms with van der Waals surface area (Å²) in [6.07, 6.45) is 1.75. The van der Waals surface area contributed by atoms with Gasteiger partial charge in [0.25, 0.3) is 0 Å². The van der Waals surface area contributed by atoms with Gasteiger partial charge < -0.3 is 14.2 Å². The molecule has 138 valence electrons. The van der Waals surface area contributed by atoms with Gasteiger partial charge in [-0.1, -0.05) is 30.3 Å². The van der Waals surface area contributed by atoms with Crippen molar-refractivity contribution < 1.29 is 19.0 Å². The zero-order chi connectivity index (χ0) is 18.6. The fourth-order valence-electron chi connectivity index (χ4n) is 2.92. The Bertz CT molecular complexity index is 811.